The van der Waals surface area contributed by atoms with E-state index < -0.39 is 5.97 Å². The van der Waals surface area contributed by atoms with Crippen molar-refractivity contribution in [1.82, 2.24) is 9.55 Å². The molecule has 156 valence electrons. The molecule has 4 rings (SSSR count). The molecule has 0 bridgehead atoms. The number of methoxy groups -OCH3 is 1. The van der Waals surface area contributed by atoms with Crippen molar-refractivity contribution in [2.24, 2.45) is 0 Å². The van der Waals surface area contributed by atoms with Gasteiger partial charge in [-0.1, -0.05) is 11.8 Å². The summed E-state index contributed by atoms with van der Waals surface area (Å²) in [4.78, 5) is 29.9. The SMILES string of the molecule is COC(=O)c1ccc2c(=O)n(C[C@@H]3CCCO3)c(SC[C@H]3CCCCO3)nc2c1. The molecule has 1 aromatic heterocycles. The van der Waals surface area contributed by atoms with Gasteiger partial charge >= 0.3 is 5.97 Å². The number of benzene rings is 1. The molecular formula is C21H26N2O5S. The van der Waals surface area contributed by atoms with E-state index in [1.54, 1.807) is 34.5 Å². The quantitative estimate of drug-likeness (QED) is 0.405. The van der Waals surface area contributed by atoms with E-state index in [1.165, 1.54) is 13.5 Å². The molecule has 0 aliphatic carbocycles. The lowest BCUT2D eigenvalue weighted by Gasteiger charge is -2.23. The van der Waals surface area contributed by atoms with Crippen molar-refractivity contribution in [3.05, 3.63) is 34.1 Å². The molecule has 0 spiro atoms. The molecule has 29 heavy (non-hydrogen) atoms. The minimum Gasteiger partial charge on any atom is -0.465 e. The number of fused-ring (bicyclic) bond motifs is 1. The maximum Gasteiger partial charge on any atom is 0.337 e. The molecule has 8 heteroatoms. The van der Waals surface area contributed by atoms with Crippen LogP contribution in [0.3, 0.4) is 0 Å². The summed E-state index contributed by atoms with van der Waals surface area (Å²) in [6.07, 6.45) is 5.48. The number of nitrogens with zero attached hydrogens (tertiary/aromatic N) is 2. The zero-order valence-corrected chi connectivity index (χ0v) is 17.4. The maximum absolute atomic E-state index is 13.2. The Morgan fingerprint density at radius 2 is 2.00 bits per heavy atom. The van der Waals surface area contributed by atoms with Gasteiger partial charge in [0.05, 0.1) is 42.3 Å². The van der Waals surface area contributed by atoms with Crippen LogP contribution in [0.25, 0.3) is 10.9 Å². The summed E-state index contributed by atoms with van der Waals surface area (Å²) in [6.45, 7) is 2.03. The van der Waals surface area contributed by atoms with Gasteiger partial charge in [-0.05, 0) is 50.3 Å². The molecule has 1 aromatic carbocycles. The average Bonchev–Trinajstić information content (AvgIpc) is 3.27. The minimum atomic E-state index is -0.443. The zero-order chi connectivity index (χ0) is 20.2. The van der Waals surface area contributed by atoms with Gasteiger partial charge < -0.3 is 14.2 Å². The number of carbonyl (C=O) groups is 1. The van der Waals surface area contributed by atoms with E-state index in [2.05, 4.69) is 0 Å². The van der Waals surface area contributed by atoms with Gasteiger partial charge in [0.2, 0.25) is 0 Å². The van der Waals surface area contributed by atoms with Crippen LogP contribution in [0.4, 0.5) is 0 Å². The van der Waals surface area contributed by atoms with Crippen LogP contribution >= 0.6 is 11.8 Å². The highest BCUT2D eigenvalue weighted by atomic mass is 32.2. The number of hydrogen-bond acceptors (Lipinski definition) is 7. The van der Waals surface area contributed by atoms with Crippen molar-refractivity contribution in [3.8, 4) is 0 Å². The van der Waals surface area contributed by atoms with Crippen molar-refractivity contribution < 1.29 is 19.0 Å². The molecule has 7 nitrogen and oxygen atoms in total. The Morgan fingerprint density at radius 1 is 1.21 bits per heavy atom. The van der Waals surface area contributed by atoms with Crippen LogP contribution in [0.5, 0.6) is 0 Å². The van der Waals surface area contributed by atoms with E-state index in [1.807, 2.05) is 0 Å². The highest BCUT2D eigenvalue weighted by Crippen LogP contribution is 2.25. The predicted octanol–water partition coefficient (Wildman–Crippen LogP) is 3.02. The van der Waals surface area contributed by atoms with Crippen LogP contribution in [0.1, 0.15) is 42.5 Å². The van der Waals surface area contributed by atoms with Crippen molar-refractivity contribution in [2.45, 2.75) is 56.0 Å². The number of esters is 1. The van der Waals surface area contributed by atoms with Gasteiger partial charge in [0.25, 0.3) is 5.56 Å². The lowest BCUT2D eigenvalue weighted by Crippen LogP contribution is -2.29. The second-order valence-electron chi connectivity index (χ2n) is 7.47. The maximum atomic E-state index is 13.2. The molecule has 2 saturated heterocycles. The monoisotopic (exact) mass is 418 g/mol. The third-order valence-corrected chi connectivity index (χ3v) is 6.53. The Morgan fingerprint density at radius 3 is 2.72 bits per heavy atom. The molecule has 2 atom stereocenters. The first-order valence-electron chi connectivity index (χ1n) is 10.1. The second-order valence-corrected chi connectivity index (χ2v) is 8.46. The summed E-state index contributed by atoms with van der Waals surface area (Å²) < 4.78 is 18.1. The first-order chi connectivity index (χ1) is 14.2. The molecule has 2 aromatic rings. The largest absolute Gasteiger partial charge is 0.465 e. The Labute approximate surface area is 173 Å². The number of carbonyl (C=O) groups excluding carboxylic acids is 1. The topological polar surface area (TPSA) is 79.7 Å². The first-order valence-corrected chi connectivity index (χ1v) is 11.1. The van der Waals surface area contributed by atoms with Gasteiger partial charge in [-0.25, -0.2) is 9.78 Å². The number of aromatic nitrogens is 2. The Balaban J connectivity index is 1.68. The Hall–Kier alpha value is -1.90. The number of thioether (sulfide) groups is 1. The molecule has 0 unspecified atom stereocenters. The van der Waals surface area contributed by atoms with Gasteiger partial charge in [0.15, 0.2) is 5.16 Å². The summed E-state index contributed by atoms with van der Waals surface area (Å²) in [6, 6.07) is 4.89. The molecule has 2 fully saturated rings. The van der Waals surface area contributed by atoms with Crippen molar-refractivity contribution in [1.29, 1.82) is 0 Å². The predicted molar refractivity (Wildman–Crippen MR) is 111 cm³/mol. The number of hydrogen-bond donors (Lipinski definition) is 0. The fourth-order valence-electron chi connectivity index (χ4n) is 3.81. The van der Waals surface area contributed by atoms with Crippen LogP contribution in [0.15, 0.2) is 28.2 Å². The van der Waals surface area contributed by atoms with Crippen LogP contribution in [-0.4, -0.2) is 53.8 Å². The molecule has 0 saturated carbocycles. The van der Waals surface area contributed by atoms with E-state index in [-0.39, 0.29) is 17.8 Å². The molecule has 2 aliphatic heterocycles. The van der Waals surface area contributed by atoms with Gasteiger partial charge in [-0.15, -0.1) is 0 Å². The standard InChI is InChI=1S/C21H26N2O5S/c1-26-20(25)14-7-8-17-18(11-14)22-21(29-13-16-5-2-3-9-28-16)23(19(17)24)12-15-6-4-10-27-15/h7-8,11,15-16H,2-6,9-10,12-13H2,1H3/t15-,16+/m0/s1. The fraction of sp³-hybridized carbons (Fsp3) is 0.571. The summed E-state index contributed by atoms with van der Waals surface area (Å²) in [5.74, 6) is 0.308. The molecule has 3 heterocycles. The summed E-state index contributed by atoms with van der Waals surface area (Å²) in [5, 5.41) is 1.14. The van der Waals surface area contributed by atoms with Crippen LogP contribution in [-0.2, 0) is 20.8 Å². The van der Waals surface area contributed by atoms with E-state index in [4.69, 9.17) is 19.2 Å². The van der Waals surface area contributed by atoms with Crippen LogP contribution in [0.2, 0.25) is 0 Å². The summed E-state index contributed by atoms with van der Waals surface area (Å²) >= 11 is 1.54. The summed E-state index contributed by atoms with van der Waals surface area (Å²) in [7, 11) is 1.34. The molecule has 0 amide bonds. The lowest BCUT2D eigenvalue weighted by atomic mass is 10.1. The molecule has 2 aliphatic rings. The third kappa shape index (κ3) is 4.65. The van der Waals surface area contributed by atoms with Crippen molar-refractivity contribution in [3.63, 3.8) is 0 Å². The zero-order valence-electron chi connectivity index (χ0n) is 16.6. The Kier molecular flexibility index (Phi) is 6.52. The van der Waals surface area contributed by atoms with Gasteiger partial charge in [-0.3, -0.25) is 9.36 Å². The fourth-order valence-corrected chi connectivity index (χ4v) is 4.89. The first kappa shape index (κ1) is 20.4. The molecule has 0 N–H and O–H groups in total. The highest BCUT2D eigenvalue weighted by molar-refractivity contribution is 7.99. The molecular weight excluding hydrogens is 392 g/mol. The lowest BCUT2D eigenvalue weighted by molar-refractivity contribution is 0.0315. The average molecular weight is 419 g/mol. The van der Waals surface area contributed by atoms with Crippen LogP contribution < -0.4 is 5.56 Å². The summed E-state index contributed by atoms with van der Waals surface area (Å²) in [5.41, 5.74) is 0.790. The van der Waals surface area contributed by atoms with Gasteiger partial charge in [0.1, 0.15) is 0 Å². The van der Waals surface area contributed by atoms with Crippen molar-refractivity contribution in [2.75, 3.05) is 26.1 Å². The Bertz CT molecular complexity index is 933. The van der Waals surface area contributed by atoms with E-state index in [9.17, 15) is 9.59 Å². The van der Waals surface area contributed by atoms with E-state index >= 15 is 0 Å². The smallest absolute Gasteiger partial charge is 0.337 e. The van der Waals surface area contributed by atoms with E-state index in [0.717, 1.165) is 44.6 Å². The van der Waals surface area contributed by atoms with Gasteiger partial charge in [0, 0.05) is 19.0 Å². The van der Waals surface area contributed by atoms with Crippen molar-refractivity contribution >= 4 is 28.6 Å². The normalized spacial score (nSPS) is 22.1. The highest BCUT2D eigenvalue weighted by Gasteiger charge is 2.22. The number of ether oxygens (including phenoxy) is 3. The third-order valence-electron chi connectivity index (χ3n) is 5.42. The second kappa shape index (κ2) is 9.28. The van der Waals surface area contributed by atoms with E-state index in [0.29, 0.717) is 28.2 Å². The minimum absolute atomic E-state index is 0.0339. The van der Waals surface area contributed by atoms with Gasteiger partial charge in [-0.2, -0.15) is 0 Å². The number of rotatable bonds is 6. The van der Waals surface area contributed by atoms with Crippen LogP contribution in [0, 0.1) is 0 Å². The molecule has 0 radical (unpaired) electrons.